The molecule has 3 atom stereocenters. The summed E-state index contributed by atoms with van der Waals surface area (Å²) >= 11 is 0. The zero-order chi connectivity index (χ0) is 13.4. The van der Waals surface area contributed by atoms with Crippen LogP contribution >= 0.6 is 0 Å². The predicted octanol–water partition coefficient (Wildman–Crippen LogP) is -0.588. The minimum Gasteiger partial charge on any atom is -0.480 e. The van der Waals surface area contributed by atoms with E-state index in [2.05, 4.69) is 0 Å². The lowest BCUT2D eigenvalue weighted by molar-refractivity contribution is -0.145. The highest BCUT2D eigenvalue weighted by molar-refractivity contribution is 5.81. The summed E-state index contributed by atoms with van der Waals surface area (Å²) in [7, 11) is 0. The first-order valence-electron chi connectivity index (χ1n) is 5.22. The zero-order valence-corrected chi connectivity index (χ0v) is 9.95. The fourth-order valence-corrected chi connectivity index (χ4v) is 1.61. The number of aliphatic hydroxyl groups is 2. The van der Waals surface area contributed by atoms with E-state index in [4.69, 9.17) is 9.84 Å². The molecule has 1 aliphatic rings. The molecule has 0 spiro atoms. The maximum Gasteiger partial charge on any atom is 0.411 e. The van der Waals surface area contributed by atoms with Gasteiger partial charge in [-0.1, -0.05) is 0 Å². The number of nitrogens with zero attached hydrogens (tertiary/aromatic N) is 1. The van der Waals surface area contributed by atoms with Gasteiger partial charge in [-0.25, -0.2) is 9.59 Å². The minimum absolute atomic E-state index is 0.257. The number of aliphatic carboxylic acids is 1. The van der Waals surface area contributed by atoms with Gasteiger partial charge in [-0.05, 0) is 20.8 Å². The van der Waals surface area contributed by atoms with Crippen LogP contribution in [0.3, 0.4) is 0 Å². The van der Waals surface area contributed by atoms with E-state index in [0.717, 1.165) is 4.90 Å². The topological polar surface area (TPSA) is 107 Å². The van der Waals surface area contributed by atoms with Gasteiger partial charge in [0.15, 0.2) is 6.04 Å². The number of carboxylic acid groups (broad SMARTS) is 1. The quantitative estimate of drug-likeness (QED) is 0.572. The summed E-state index contributed by atoms with van der Waals surface area (Å²) in [5.74, 6) is -1.38. The summed E-state index contributed by atoms with van der Waals surface area (Å²) in [4.78, 5) is 23.4. The Balaban J connectivity index is 2.82. The Bertz CT molecular complexity index is 323. The number of rotatable bonds is 1. The van der Waals surface area contributed by atoms with Crippen molar-refractivity contribution >= 4 is 12.1 Å². The molecule has 0 aromatic rings. The zero-order valence-electron chi connectivity index (χ0n) is 9.95. The summed E-state index contributed by atoms with van der Waals surface area (Å²) in [6.07, 6.45) is -3.64. The van der Waals surface area contributed by atoms with Gasteiger partial charge in [-0.3, -0.25) is 4.90 Å². The number of amides is 1. The standard InChI is InChI=1S/C10H17NO6/c1-10(2,3)17-9(16)11-4-5(12)7(13)6(11)8(14)15/h5-7,12-13H,4H2,1-3H3,(H,14,15). The molecule has 0 aliphatic carbocycles. The number of carbonyl (C=O) groups is 2. The van der Waals surface area contributed by atoms with Gasteiger partial charge in [0.2, 0.25) is 0 Å². The second-order valence-electron chi connectivity index (χ2n) is 4.97. The normalized spacial score (nSPS) is 29.2. The van der Waals surface area contributed by atoms with Crippen molar-refractivity contribution in [1.29, 1.82) is 0 Å². The number of hydrogen-bond donors (Lipinski definition) is 3. The molecule has 0 bridgehead atoms. The Kier molecular flexibility index (Phi) is 3.63. The Morgan fingerprint density at radius 1 is 1.29 bits per heavy atom. The number of β-amino-alcohol motifs (C(OH)–C–C–N with tert-alkyl or cyclic N) is 1. The highest BCUT2D eigenvalue weighted by atomic mass is 16.6. The summed E-state index contributed by atoms with van der Waals surface area (Å²) in [5.41, 5.74) is -0.765. The van der Waals surface area contributed by atoms with Crippen LogP contribution in [0.5, 0.6) is 0 Å². The van der Waals surface area contributed by atoms with E-state index < -0.39 is 35.9 Å². The largest absolute Gasteiger partial charge is 0.480 e. The monoisotopic (exact) mass is 247 g/mol. The van der Waals surface area contributed by atoms with E-state index in [1.165, 1.54) is 0 Å². The van der Waals surface area contributed by atoms with Gasteiger partial charge in [0, 0.05) is 0 Å². The first kappa shape index (κ1) is 13.7. The van der Waals surface area contributed by atoms with E-state index in [9.17, 15) is 19.8 Å². The maximum absolute atomic E-state index is 11.7. The van der Waals surface area contributed by atoms with Crippen molar-refractivity contribution in [3.05, 3.63) is 0 Å². The number of hydrogen-bond acceptors (Lipinski definition) is 5. The third-order valence-corrected chi connectivity index (χ3v) is 2.32. The lowest BCUT2D eigenvalue weighted by Crippen LogP contribution is -2.47. The summed E-state index contributed by atoms with van der Waals surface area (Å²) < 4.78 is 5.00. The van der Waals surface area contributed by atoms with Gasteiger partial charge in [-0.2, -0.15) is 0 Å². The van der Waals surface area contributed by atoms with Gasteiger partial charge in [0.1, 0.15) is 17.8 Å². The Morgan fingerprint density at radius 2 is 1.82 bits per heavy atom. The first-order valence-corrected chi connectivity index (χ1v) is 5.22. The average molecular weight is 247 g/mol. The fourth-order valence-electron chi connectivity index (χ4n) is 1.61. The van der Waals surface area contributed by atoms with Crippen molar-refractivity contribution in [2.75, 3.05) is 6.54 Å². The predicted molar refractivity (Wildman–Crippen MR) is 56.4 cm³/mol. The number of aliphatic hydroxyl groups excluding tert-OH is 2. The van der Waals surface area contributed by atoms with Crippen LogP contribution in [0.1, 0.15) is 20.8 Å². The van der Waals surface area contributed by atoms with Crippen molar-refractivity contribution < 1.29 is 29.6 Å². The summed E-state index contributed by atoms with van der Waals surface area (Å²) in [6.45, 7) is 4.67. The molecule has 7 nitrogen and oxygen atoms in total. The molecule has 0 aromatic heterocycles. The third-order valence-electron chi connectivity index (χ3n) is 2.32. The van der Waals surface area contributed by atoms with Crippen LogP contribution in [0, 0.1) is 0 Å². The number of carboxylic acids is 1. The second kappa shape index (κ2) is 4.50. The van der Waals surface area contributed by atoms with Crippen molar-refractivity contribution in [2.24, 2.45) is 0 Å². The summed E-state index contributed by atoms with van der Waals surface area (Å²) in [6, 6.07) is -1.47. The van der Waals surface area contributed by atoms with Crippen molar-refractivity contribution in [2.45, 2.75) is 44.6 Å². The van der Waals surface area contributed by atoms with Crippen LogP contribution in [0.4, 0.5) is 4.79 Å². The molecule has 1 rings (SSSR count). The molecule has 1 aliphatic heterocycles. The molecular formula is C10H17NO6. The molecule has 0 aromatic carbocycles. The molecule has 0 radical (unpaired) electrons. The second-order valence-corrected chi connectivity index (χ2v) is 4.97. The highest BCUT2D eigenvalue weighted by Crippen LogP contribution is 2.22. The van der Waals surface area contributed by atoms with Crippen LogP contribution in [-0.4, -0.2) is 62.7 Å². The van der Waals surface area contributed by atoms with Gasteiger partial charge in [-0.15, -0.1) is 0 Å². The number of likely N-dealkylation sites (tertiary alicyclic amines) is 1. The van der Waals surface area contributed by atoms with E-state index in [-0.39, 0.29) is 6.54 Å². The first-order chi connectivity index (χ1) is 7.63. The van der Waals surface area contributed by atoms with E-state index >= 15 is 0 Å². The molecular weight excluding hydrogens is 230 g/mol. The lowest BCUT2D eigenvalue weighted by atomic mass is 10.1. The Morgan fingerprint density at radius 3 is 2.24 bits per heavy atom. The highest BCUT2D eigenvalue weighted by Gasteiger charge is 2.48. The molecule has 0 saturated carbocycles. The lowest BCUT2D eigenvalue weighted by Gasteiger charge is -2.27. The maximum atomic E-state index is 11.7. The SMILES string of the molecule is CC(C)(C)OC(=O)N1CC(O)C(O)C1C(=O)O. The number of carbonyl (C=O) groups excluding carboxylic acids is 1. The van der Waals surface area contributed by atoms with Gasteiger partial charge in [0.25, 0.3) is 0 Å². The molecule has 7 heteroatoms. The summed E-state index contributed by atoms with van der Waals surface area (Å²) in [5, 5.41) is 27.7. The van der Waals surface area contributed by atoms with Gasteiger partial charge in [0.05, 0.1) is 6.54 Å². The van der Waals surface area contributed by atoms with Crippen molar-refractivity contribution in [3.8, 4) is 0 Å². The fraction of sp³-hybridized carbons (Fsp3) is 0.800. The Labute approximate surface area is 98.6 Å². The smallest absolute Gasteiger partial charge is 0.411 e. The third kappa shape index (κ3) is 3.07. The number of ether oxygens (including phenoxy) is 1. The van der Waals surface area contributed by atoms with Crippen LogP contribution in [0.25, 0.3) is 0 Å². The molecule has 3 unspecified atom stereocenters. The van der Waals surface area contributed by atoms with E-state index in [0.29, 0.717) is 0 Å². The van der Waals surface area contributed by atoms with Crippen LogP contribution < -0.4 is 0 Å². The van der Waals surface area contributed by atoms with E-state index in [1.54, 1.807) is 20.8 Å². The van der Waals surface area contributed by atoms with Crippen molar-refractivity contribution in [3.63, 3.8) is 0 Å². The van der Waals surface area contributed by atoms with E-state index in [1.807, 2.05) is 0 Å². The molecule has 1 amide bonds. The molecule has 1 saturated heterocycles. The van der Waals surface area contributed by atoms with Crippen LogP contribution in [0.2, 0.25) is 0 Å². The van der Waals surface area contributed by atoms with Crippen molar-refractivity contribution in [1.82, 2.24) is 4.90 Å². The van der Waals surface area contributed by atoms with Crippen LogP contribution in [-0.2, 0) is 9.53 Å². The molecule has 1 heterocycles. The van der Waals surface area contributed by atoms with Crippen LogP contribution in [0.15, 0.2) is 0 Å². The Hall–Kier alpha value is -1.34. The molecule has 3 N–H and O–H groups in total. The molecule has 1 fully saturated rings. The minimum atomic E-state index is -1.50. The molecule has 98 valence electrons. The van der Waals surface area contributed by atoms with Gasteiger partial charge >= 0.3 is 12.1 Å². The van der Waals surface area contributed by atoms with Gasteiger partial charge < -0.3 is 20.1 Å². The molecule has 17 heavy (non-hydrogen) atoms. The average Bonchev–Trinajstić information content (AvgIpc) is 2.40.